The number of aromatic amines is 1. The number of nitrogens with one attached hydrogen (secondary N) is 1. The van der Waals surface area contributed by atoms with E-state index in [0.717, 1.165) is 77.6 Å². The van der Waals surface area contributed by atoms with E-state index in [2.05, 4.69) is 17.6 Å². The van der Waals surface area contributed by atoms with Crippen LogP contribution in [0.15, 0.2) is 73.6 Å². The van der Waals surface area contributed by atoms with E-state index in [9.17, 15) is 9.59 Å². The van der Waals surface area contributed by atoms with Crippen molar-refractivity contribution in [2.75, 3.05) is 14.2 Å². The maximum absolute atomic E-state index is 14.2. The number of fused-ring (bicyclic) bond motifs is 1. The third-order valence-corrected chi connectivity index (χ3v) is 8.81. The molecule has 3 atom stereocenters. The van der Waals surface area contributed by atoms with Crippen molar-refractivity contribution in [2.45, 2.75) is 57.8 Å². The first-order chi connectivity index (χ1) is 20.4. The highest BCUT2D eigenvalue weighted by molar-refractivity contribution is 6.02. The Kier molecular flexibility index (Phi) is 9.21. The summed E-state index contributed by atoms with van der Waals surface area (Å²) in [6.45, 7) is 5.74. The van der Waals surface area contributed by atoms with Crippen molar-refractivity contribution in [1.82, 2.24) is 9.97 Å². The summed E-state index contributed by atoms with van der Waals surface area (Å²) in [7, 11) is 3.06. The van der Waals surface area contributed by atoms with Crippen LogP contribution in [0.4, 0.5) is 0 Å². The number of rotatable bonds is 9. The average Bonchev–Trinajstić information content (AvgIpc) is 3.44. The maximum Gasteiger partial charge on any atom is 0.312 e. The SMILES string of the molecule is C=CCC1CCCC[C@H](C(=O)c2cc(-c3cnc4[nH]cc(-c5ccccc5OC)c4c3)ccc2C(C)C(=O)OC)CC1.[HH].[HH].[HH]. The number of carbonyl (C=O) groups excluding carboxylic acids is 2. The zero-order chi connectivity index (χ0) is 29.6. The number of hydrogen-bond donors (Lipinski definition) is 1. The number of aromatic nitrogens is 2. The van der Waals surface area contributed by atoms with Crippen molar-refractivity contribution in [1.29, 1.82) is 0 Å². The molecule has 1 fully saturated rings. The Morgan fingerprint density at radius 3 is 2.64 bits per heavy atom. The summed E-state index contributed by atoms with van der Waals surface area (Å²) >= 11 is 0. The number of Topliss-reactive ketones (excluding diaryl/α,β-unsaturated/α-hetero) is 1. The fourth-order valence-corrected chi connectivity index (χ4v) is 6.38. The van der Waals surface area contributed by atoms with Crippen LogP contribution in [0.2, 0.25) is 0 Å². The van der Waals surface area contributed by atoms with Crippen molar-refractivity contribution >= 4 is 22.8 Å². The summed E-state index contributed by atoms with van der Waals surface area (Å²) in [5, 5.41) is 0.963. The summed E-state index contributed by atoms with van der Waals surface area (Å²) in [5.74, 6) is 0.512. The first kappa shape index (κ1) is 29.3. The van der Waals surface area contributed by atoms with Gasteiger partial charge in [-0.15, -0.1) is 6.58 Å². The fourth-order valence-electron chi connectivity index (χ4n) is 6.38. The molecule has 2 aromatic carbocycles. The molecule has 6 nitrogen and oxygen atoms in total. The van der Waals surface area contributed by atoms with E-state index in [0.29, 0.717) is 17.0 Å². The molecule has 0 bridgehead atoms. The van der Waals surface area contributed by atoms with Gasteiger partial charge in [-0.05, 0) is 67.9 Å². The largest absolute Gasteiger partial charge is 0.496 e. The highest BCUT2D eigenvalue weighted by atomic mass is 16.5. The topological polar surface area (TPSA) is 81.3 Å². The third-order valence-electron chi connectivity index (χ3n) is 8.81. The average molecular weight is 571 g/mol. The number of nitrogens with zero attached hydrogens (tertiary/aromatic N) is 1. The monoisotopic (exact) mass is 570 g/mol. The Bertz CT molecular complexity index is 1600. The van der Waals surface area contributed by atoms with Crippen LogP contribution < -0.4 is 4.74 Å². The van der Waals surface area contributed by atoms with Crippen LogP contribution in [0.1, 0.15) is 78.0 Å². The molecule has 1 aliphatic carbocycles. The molecule has 0 spiro atoms. The number of ether oxygens (including phenoxy) is 2. The molecule has 224 valence electrons. The van der Waals surface area contributed by atoms with Gasteiger partial charge >= 0.3 is 5.97 Å². The van der Waals surface area contributed by atoms with Gasteiger partial charge in [0, 0.05) is 50.2 Å². The molecule has 42 heavy (non-hydrogen) atoms. The van der Waals surface area contributed by atoms with Crippen molar-refractivity contribution in [3.63, 3.8) is 0 Å². The van der Waals surface area contributed by atoms with Crippen molar-refractivity contribution in [3.05, 3.63) is 84.7 Å². The zero-order valence-corrected chi connectivity index (χ0v) is 24.8. The van der Waals surface area contributed by atoms with Gasteiger partial charge in [-0.25, -0.2) is 4.98 Å². The lowest BCUT2D eigenvalue weighted by atomic mass is 9.79. The third kappa shape index (κ3) is 6.03. The summed E-state index contributed by atoms with van der Waals surface area (Å²) in [6.07, 6.45) is 12.9. The van der Waals surface area contributed by atoms with Gasteiger partial charge in [0.1, 0.15) is 11.4 Å². The lowest BCUT2D eigenvalue weighted by Crippen LogP contribution is -2.22. The smallest absolute Gasteiger partial charge is 0.312 e. The number of allylic oxidation sites excluding steroid dienone is 1. The highest BCUT2D eigenvalue weighted by Gasteiger charge is 2.29. The van der Waals surface area contributed by atoms with E-state index in [1.54, 1.807) is 7.11 Å². The summed E-state index contributed by atoms with van der Waals surface area (Å²) in [6, 6.07) is 15.9. The molecular formula is C36H46N2O4. The molecule has 2 aromatic heterocycles. The molecule has 0 radical (unpaired) electrons. The standard InChI is InChI=1S/C36H40N2O4.3H2/c1-5-10-24-11-6-7-12-25(16-15-24)34(39)30-19-26(17-18-28(30)23(2)36(40)42-4)27-20-31-32(22-38-35(31)37-21-27)29-13-8-9-14-33(29)41-3;;;/h5,8-9,13-14,17-25H,1,6-7,10-12,15-16H2,2-4H3,(H,37,38);3*1H/t23?,24?,25-;;;/m0.../s1. The Morgan fingerprint density at radius 1 is 1.05 bits per heavy atom. The van der Waals surface area contributed by atoms with E-state index in [1.165, 1.54) is 13.5 Å². The van der Waals surface area contributed by atoms with Crippen LogP contribution in [-0.2, 0) is 9.53 Å². The predicted octanol–water partition coefficient (Wildman–Crippen LogP) is 9.27. The number of para-hydroxylation sites is 1. The Labute approximate surface area is 252 Å². The van der Waals surface area contributed by atoms with Crippen LogP contribution in [0, 0.1) is 11.8 Å². The van der Waals surface area contributed by atoms with Gasteiger partial charge in [-0.1, -0.05) is 55.7 Å². The van der Waals surface area contributed by atoms with E-state index in [4.69, 9.17) is 14.5 Å². The second-order valence-electron chi connectivity index (χ2n) is 11.4. The van der Waals surface area contributed by atoms with E-state index >= 15 is 0 Å². The van der Waals surface area contributed by atoms with E-state index in [1.807, 2.05) is 67.9 Å². The molecule has 4 aromatic rings. The number of H-pyrrole nitrogens is 1. The number of pyridine rings is 1. The molecule has 0 aliphatic heterocycles. The molecule has 1 N–H and O–H groups in total. The molecule has 2 heterocycles. The number of methoxy groups -OCH3 is 2. The maximum atomic E-state index is 14.2. The van der Waals surface area contributed by atoms with Crippen molar-refractivity contribution in [3.8, 4) is 28.0 Å². The number of carbonyl (C=O) groups is 2. The lowest BCUT2D eigenvalue weighted by Gasteiger charge is -2.25. The van der Waals surface area contributed by atoms with Gasteiger partial charge in [-0.3, -0.25) is 9.59 Å². The van der Waals surface area contributed by atoms with Gasteiger partial charge in [-0.2, -0.15) is 0 Å². The van der Waals surface area contributed by atoms with Crippen LogP contribution in [0.3, 0.4) is 0 Å². The minimum Gasteiger partial charge on any atom is -0.496 e. The molecule has 6 heteroatoms. The number of benzene rings is 2. The van der Waals surface area contributed by atoms with Gasteiger partial charge in [0.05, 0.1) is 20.1 Å². The number of hydrogen-bond acceptors (Lipinski definition) is 5. The molecule has 5 rings (SSSR count). The van der Waals surface area contributed by atoms with E-state index < -0.39 is 5.92 Å². The second-order valence-corrected chi connectivity index (χ2v) is 11.4. The molecular weight excluding hydrogens is 524 g/mol. The molecule has 2 unspecified atom stereocenters. The van der Waals surface area contributed by atoms with Crippen LogP contribution in [0.25, 0.3) is 33.3 Å². The van der Waals surface area contributed by atoms with Crippen molar-refractivity contribution in [2.24, 2.45) is 11.8 Å². The molecule has 1 aliphatic rings. The van der Waals surface area contributed by atoms with Crippen LogP contribution in [-0.4, -0.2) is 35.9 Å². The number of esters is 1. The minimum absolute atomic E-state index is 0. The molecule has 0 amide bonds. The molecule has 0 saturated heterocycles. The normalized spacial score (nSPS) is 18.1. The van der Waals surface area contributed by atoms with Gasteiger partial charge in [0.25, 0.3) is 0 Å². The fraction of sp³-hybridized carbons (Fsp3) is 0.361. The summed E-state index contributed by atoms with van der Waals surface area (Å²) < 4.78 is 10.7. The lowest BCUT2D eigenvalue weighted by molar-refractivity contribution is -0.142. The first-order valence-corrected chi connectivity index (χ1v) is 14.9. The summed E-state index contributed by atoms with van der Waals surface area (Å²) in [5.41, 5.74) is 5.84. The van der Waals surface area contributed by atoms with Crippen molar-refractivity contribution < 1.29 is 23.3 Å². The Morgan fingerprint density at radius 2 is 1.86 bits per heavy atom. The quantitative estimate of drug-likeness (QED) is 0.123. The minimum atomic E-state index is -0.549. The van der Waals surface area contributed by atoms with E-state index in [-0.39, 0.29) is 22.0 Å². The zero-order valence-electron chi connectivity index (χ0n) is 24.8. The second kappa shape index (κ2) is 13.2. The highest BCUT2D eigenvalue weighted by Crippen LogP contribution is 2.38. The van der Waals surface area contributed by atoms with Crippen LogP contribution in [0.5, 0.6) is 5.75 Å². The summed E-state index contributed by atoms with van der Waals surface area (Å²) in [4.78, 5) is 34.8. The first-order valence-electron chi connectivity index (χ1n) is 14.9. The van der Waals surface area contributed by atoms with Crippen LogP contribution >= 0.6 is 0 Å². The Balaban J connectivity index is 0.00000235. The van der Waals surface area contributed by atoms with Gasteiger partial charge < -0.3 is 14.5 Å². The number of ketones is 1. The van der Waals surface area contributed by atoms with Gasteiger partial charge in [0.15, 0.2) is 5.78 Å². The predicted molar refractivity (Wildman–Crippen MR) is 174 cm³/mol. The molecule has 1 saturated carbocycles. The Hall–Kier alpha value is -4.19. The van der Waals surface area contributed by atoms with Gasteiger partial charge in [0.2, 0.25) is 0 Å².